The monoisotopic (exact) mass is 266 g/mol. The number of nitrogens with zero attached hydrogens (tertiary/aromatic N) is 1. The molecule has 0 amide bonds. The molecule has 102 valence electrons. The highest BCUT2D eigenvalue weighted by atomic mass is 16.6. The number of aromatic carboxylic acids is 1. The van der Waals surface area contributed by atoms with Crippen molar-refractivity contribution in [1.29, 1.82) is 0 Å². The van der Waals surface area contributed by atoms with Crippen LogP contribution >= 0.6 is 0 Å². The largest absolute Gasteiger partial charge is 0.477 e. The molecule has 2 N–H and O–H groups in total. The molecule has 1 heterocycles. The molecule has 1 aliphatic rings. The van der Waals surface area contributed by atoms with Crippen molar-refractivity contribution in [3.05, 3.63) is 33.9 Å². The lowest BCUT2D eigenvalue weighted by molar-refractivity contribution is -0.384. The molecular formula is C12H14N2O5. The van der Waals surface area contributed by atoms with Crippen molar-refractivity contribution >= 4 is 17.3 Å². The van der Waals surface area contributed by atoms with Crippen LogP contribution in [0, 0.1) is 10.1 Å². The smallest absolute Gasteiger partial charge is 0.342 e. The highest BCUT2D eigenvalue weighted by molar-refractivity contribution is 5.95. The molecule has 0 aliphatic carbocycles. The van der Waals surface area contributed by atoms with E-state index in [0.717, 1.165) is 12.8 Å². The minimum Gasteiger partial charge on any atom is -0.477 e. The molecule has 7 heteroatoms. The highest BCUT2D eigenvalue weighted by Crippen LogP contribution is 2.29. The number of hydrogen-bond acceptors (Lipinski definition) is 5. The van der Waals surface area contributed by atoms with E-state index >= 15 is 0 Å². The number of nitrogens with one attached hydrogen (secondary N) is 1. The number of carbonyl (C=O) groups is 1. The summed E-state index contributed by atoms with van der Waals surface area (Å²) in [5, 5.41) is 22.9. The molecule has 7 nitrogen and oxygen atoms in total. The fourth-order valence-electron chi connectivity index (χ4n) is 2.08. The summed E-state index contributed by atoms with van der Waals surface area (Å²) in [6, 6.07) is 4.20. The van der Waals surface area contributed by atoms with Crippen LogP contribution in [-0.2, 0) is 4.74 Å². The van der Waals surface area contributed by atoms with Crippen LogP contribution in [0.4, 0.5) is 11.4 Å². The molecule has 1 saturated heterocycles. The van der Waals surface area contributed by atoms with Gasteiger partial charge in [-0.05, 0) is 25.0 Å². The third-order valence-corrected chi connectivity index (χ3v) is 2.99. The van der Waals surface area contributed by atoms with Gasteiger partial charge in [0.2, 0.25) is 0 Å². The van der Waals surface area contributed by atoms with Gasteiger partial charge >= 0.3 is 11.7 Å². The van der Waals surface area contributed by atoms with Crippen LogP contribution in [0.1, 0.15) is 23.2 Å². The van der Waals surface area contributed by atoms with E-state index in [9.17, 15) is 14.9 Å². The van der Waals surface area contributed by atoms with Gasteiger partial charge in [-0.1, -0.05) is 6.07 Å². The summed E-state index contributed by atoms with van der Waals surface area (Å²) in [5.41, 5.74) is -0.518. The first kappa shape index (κ1) is 13.3. The molecule has 2 rings (SSSR count). The van der Waals surface area contributed by atoms with Gasteiger partial charge in [-0.3, -0.25) is 10.1 Å². The van der Waals surface area contributed by atoms with Crippen LogP contribution in [-0.4, -0.2) is 35.3 Å². The molecule has 1 aliphatic heterocycles. The maximum absolute atomic E-state index is 11.0. The maximum atomic E-state index is 11.0. The molecule has 0 spiro atoms. The molecule has 1 aromatic rings. The van der Waals surface area contributed by atoms with Gasteiger partial charge in [0, 0.05) is 13.2 Å². The van der Waals surface area contributed by atoms with E-state index in [0.29, 0.717) is 13.2 Å². The van der Waals surface area contributed by atoms with E-state index in [-0.39, 0.29) is 17.4 Å². The number of ether oxygens (including phenoxy) is 1. The van der Waals surface area contributed by atoms with Crippen LogP contribution < -0.4 is 5.32 Å². The van der Waals surface area contributed by atoms with Gasteiger partial charge in [-0.2, -0.15) is 0 Å². The first-order valence-corrected chi connectivity index (χ1v) is 5.95. The van der Waals surface area contributed by atoms with E-state index in [1.807, 2.05) is 0 Å². The zero-order valence-corrected chi connectivity index (χ0v) is 10.2. The maximum Gasteiger partial charge on any atom is 0.342 e. The molecule has 1 atom stereocenters. The lowest BCUT2D eigenvalue weighted by atomic mass is 10.1. The number of anilines is 1. The highest BCUT2D eigenvalue weighted by Gasteiger charge is 2.25. The van der Waals surface area contributed by atoms with Gasteiger partial charge in [-0.15, -0.1) is 0 Å². The number of rotatable bonds is 5. The Morgan fingerprint density at radius 2 is 2.37 bits per heavy atom. The summed E-state index contributed by atoms with van der Waals surface area (Å²) in [7, 11) is 0. The van der Waals surface area contributed by atoms with E-state index < -0.39 is 16.6 Å². The summed E-state index contributed by atoms with van der Waals surface area (Å²) in [6.07, 6.45) is 1.90. The third-order valence-electron chi connectivity index (χ3n) is 2.99. The SMILES string of the molecule is O=C(O)c1cccc(NCC2CCCO2)c1[N+](=O)[O-]. The topological polar surface area (TPSA) is 102 Å². The van der Waals surface area contributed by atoms with Crippen molar-refractivity contribution in [2.24, 2.45) is 0 Å². The fraction of sp³-hybridized carbons (Fsp3) is 0.417. The van der Waals surface area contributed by atoms with Crippen LogP contribution in [0.3, 0.4) is 0 Å². The Labute approximate surface area is 109 Å². The summed E-state index contributed by atoms with van der Waals surface area (Å²) in [6.45, 7) is 1.13. The second-order valence-electron chi connectivity index (χ2n) is 4.28. The summed E-state index contributed by atoms with van der Waals surface area (Å²) in [5.74, 6) is -1.31. The summed E-state index contributed by atoms with van der Waals surface area (Å²) < 4.78 is 5.40. The Bertz CT molecular complexity index is 497. The van der Waals surface area contributed by atoms with Crippen molar-refractivity contribution in [3.63, 3.8) is 0 Å². The molecule has 19 heavy (non-hydrogen) atoms. The molecule has 0 bridgehead atoms. The fourth-order valence-corrected chi connectivity index (χ4v) is 2.08. The number of carboxylic acids is 1. The van der Waals surface area contributed by atoms with Crippen LogP contribution in [0.2, 0.25) is 0 Å². The molecule has 1 unspecified atom stereocenters. The lowest BCUT2D eigenvalue weighted by Gasteiger charge is -2.12. The Balaban J connectivity index is 2.20. The zero-order valence-electron chi connectivity index (χ0n) is 10.2. The number of para-hydroxylation sites is 1. The van der Waals surface area contributed by atoms with Crippen molar-refractivity contribution in [1.82, 2.24) is 0 Å². The molecule has 0 saturated carbocycles. The van der Waals surface area contributed by atoms with E-state index in [1.165, 1.54) is 18.2 Å². The minimum atomic E-state index is -1.31. The molecule has 0 aromatic heterocycles. The Hall–Kier alpha value is -2.15. The van der Waals surface area contributed by atoms with Gasteiger partial charge in [-0.25, -0.2) is 4.79 Å². The molecular weight excluding hydrogens is 252 g/mol. The van der Waals surface area contributed by atoms with Gasteiger partial charge in [0.25, 0.3) is 0 Å². The van der Waals surface area contributed by atoms with E-state index in [4.69, 9.17) is 9.84 Å². The average molecular weight is 266 g/mol. The van der Waals surface area contributed by atoms with Gasteiger partial charge in [0.15, 0.2) is 0 Å². The number of hydrogen-bond donors (Lipinski definition) is 2. The predicted molar refractivity (Wildman–Crippen MR) is 67.5 cm³/mol. The van der Waals surface area contributed by atoms with E-state index in [1.54, 1.807) is 0 Å². The molecule has 0 radical (unpaired) electrons. The van der Waals surface area contributed by atoms with Crippen LogP contribution in [0.15, 0.2) is 18.2 Å². The standard InChI is InChI=1S/C12H14N2O5/c15-12(16)9-4-1-5-10(11(9)14(17)18)13-7-8-3-2-6-19-8/h1,4-5,8,13H,2-3,6-7H2,(H,15,16). The van der Waals surface area contributed by atoms with Crippen molar-refractivity contribution < 1.29 is 19.6 Å². The third kappa shape index (κ3) is 3.00. The second-order valence-corrected chi connectivity index (χ2v) is 4.28. The van der Waals surface area contributed by atoms with Gasteiger partial charge < -0.3 is 15.2 Å². The van der Waals surface area contributed by atoms with Crippen LogP contribution in [0.25, 0.3) is 0 Å². The van der Waals surface area contributed by atoms with Crippen molar-refractivity contribution in [3.8, 4) is 0 Å². The zero-order chi connectivity index (χ0) is 13.8. The average Bonchev–Trinajstić information content (AvgIpc) is 2.88. The Kier molecular flexibility index (Phi) is 3.96. The van der Waals surface area contributed by atoms with Crippen LogP contribution in [0.5, 0.6) is 0 Å². The van der Waals surface area contributed by atoms with Crippen molar-refractivity contribution in [2.45, 2.75) is 18.9 Å². The summed E-state index contributed by atoms with van der Waals surface area (Å²) >= 11 is 0. The van der Waals surface area contributed by atoms with Crippen molar-refractivity contribution in [2.75, 3.05) is 18.5 Å². The minimum absolute atomic E-state index is 0.0214. The molecule has 1 fully saturated rings. The Morgan fingerprint density at radius 1 is 1.58 bits per heavy atom. The predicted octanol–water partition coefficient (Wildman–Crippen LogP) is 1.88. The number of nitro groups is 1. The number of nitro benzene ring substituents is 1. The van der Waals surface area contributed by atoms with Gasteiger partial charge in [0.1, 0.15) is 11.3 Å². The van der Waals surface area contributed by atoms with E-state index in [2.05, 4.69) is 5.32 Å². The normalized spacial score (nSPS) is 18.2. The summed E-state index contributed by atoms with van der Waals surface area (Å²) in [4.78, 5) is 21.3. The quantitative estimate of drug-likeness (QED) is 0.623. The molecule has 1 aromatic carbocycles. The first-order valence-electron chi connectivity index (χ1n) is 5.95. The first-order chi connectivity index (χ1) is 9.09. The lowest BCUT2D eigenvalue weighted by Crippen LogP contribution is -2.19. The second kappa shape index (κ2) is 5.66. The Morgan fingerprint density at radius 3 is 2.95 bits per heavy atom. The number of benzene rings is 1. The number of carboxylic acid groups (broad SMARTS) is 1. The van der Waals surface area contributed by atoms with Gasteiger partial charge in [0.05, 0.1) is 11.0 Å².